The van der Waals surface area contributed by atoms with Crippen molar-refractivity contribution in [3.8, 4) is 5.75 Å². The third-order valence-corrected chi connectivity index (χ3v) is 10.1. The highest BCUT2D eigenvalue weighted by molar-refractivity contribution is 7.91. The van der Waals surface area contributed by atoms with Gasteiger partial charge in [0.25, 0.3) is 26.1 Å². The number of phenolic OH excluding ortho intramolecular Hbond substituents is 1. The van der Waals surface area contributed by atoms with Gasteiger partial charge in [-0.05, 0) is 60.0 Å². The van der Waals surface area contributed by atoms with Gasteiger partial charge in [-0.15, -0.1) is 5.11 Å². The molecule has 22 heteroatoms. The Labute approximate surface area is 266 Å². The van der Waals surface area contributed by atoms with E-state index in [0.29, 0.717) is 6.07 Å². The molecule has 250 valence electrons. The van der Waals surface area contributed by atoms with Gasteiger partial charge in [-0.3, -0.25) is 18.5 Å². The lowest BCUT2D eigenvalue weighted by Gasteiger charge is -2.12. The van der Waals surface area contributed by atoms with Gasteiger partial charge in [0.15, 0.2) is 9.84 Å². The van der Waals surface area contributed by atoms with E-state index in [0.717, 1.165) is 24.3 Å². The van der Waals surface area contributed by atoms with Crippen LogP contribution in [0.1, 0.15) is 10.4 Å². The number of anilines is 2. The molecule has 0 saturated carbocycles. The minimum Gasteiger partial charge on any atom is -0.507 e. The number of aromatic hydroxyl groups is 1. The lowest BCUT2D eigenvalue weighted by atomic mass is 10.1. The van der Waals surface area contributed by atoms with E-state index < -0.39 is 85.7 Å². The highest BCUT2D eigenvalue weighted by atomic mass is 32.3. The topological polar surface area (TPSA) is 307 Å². The molecule has 0 atom stereocenters. The van der Waals surface area contributed by atoms with Crippen LogP contribution < -0.4 is 11.1 Å². The van der Waals surface area contributed by atoms with Crippen LogP contribution in [0.2, 0.25) is 0 Å². The van der Waals surface area contributed by atoms with Crippen LogP contribution >= 0.6 is 0 Å². The molecule has 0 heterocycles. The zero-order valence-electron chi connectivity index (χ0n) is 23.2. The lowest BCUT2D eigenvalue weighted by molar-refractivity contribution is 0.102. The molecule has 4 aromatic carbocycles. The molecule has 0 bridgehead atoms. The molecule has 0 spiro atoms. The highest BCUT2D eigenvalue weighted by Crippen LogP contribution is 2.43. The van der Waals surface area contributed by atoms with Crippen molar-refractivity contribution < 1.29 is 61.4 Å². The zero-order valence-corrected chi connectivity index (χ0v) is 26.5. The van der Waals surface area contributed by atoms with E-state index in [1.54, 1.807) is 0 Å². The molecule has 0 aromatic heterocycles. The van der Waals surface area contributed by atoms with E-state index >= 15 is 0 Å². The normalized spacial score (nSPS) is 12.8. The number of nitrogen functional groups attached to an aromatic ring is 1. The summed E-state index contributed by atoms with van der Waals surface area (Å²) in [6.45, 7) is -0.821. The summed E-state index contributed by atoms with van der Waals surface area (Å²) in [7, 11) is -18.7. The summed E-state index contributed by atoms with van der Waals surface area (Å²) in [5.74, 6) is -2.23. The number of amides is 1. The molecule has 0 aliphatic carbocycles. The number of hydrogen-bond donors (Lipinski definition) is 6. The molecule has 0 aliphatic heterocycles. The molecular weight excluding hydrogens is 709 g/mol. The van der Waals surface area contributed by atoms with Gasteiger partial charge in [-0.25, -0.2) is 12.6 Å². The number of carbonyl (C=O) groups excluding carboxylic acids is 1. The maximum atomic E-state index is 12.9. The Balaban J connectivity index is 1.61. The first-order valence-electron chi connectivity index (χ1n) is 12.5. The first kappa shape index (κ1) is 35.3. The fraction of sp³-hybridized carbons (Fsp3) is 0.0800. The molecule has 18 nitrogen and oxygen atoms in total. The summed E-state index contributed by atoms with van der Waals surface area (Å²) in [4.78, 5) is 11.0. The van der Waals surface area contributed by atoms with E-state index in [-0.39, 0.29) is 32.6 Å². The molecule has 1 amide bonds. The van der Waals surface area contributed by atoms with Crippen LogP contribution in [0.15, 0.2) is 91.6 Å². The van der Waals surface area contributed by atoms with E-state index in [9.17, 15) is 52.7 Å². The van der Waals surface area contributed by atoms with Crippen molar-refractivity contribution in [2.75, 3.05) is 23.4 Å². The Morgan fingerprint density at radius 3 is 2.06 bits per heavy atom. The van der Waals surface area contributed by atoms with Crippen LogP contribution in [0.4, 0.5) is 22.7 Å². The SMILES string of the molecule is Nc1c(S(=O)(=O)O)cc2cc(S(=O)(=O)O)cc(O)c2c1N=Nc1cccc(C(=O)Nc2ccc(S(=O)(=O)CCOS(=O)(=O)O)cc2)c1. The molecule has 47 heavy (non-hydrogen) atoms. The van der Waals surface area contributed by atoms with Gasteiger partial charge >= 0.3 is 10.4 Å². The standard InChI is InChI=1S/C25H22N4O14S4/c26-23-21(46(37,38)39)12-15-11-19(45(34,35)36)13-20(30)22(15)24(23)29-28-17-3-1-2-14(10-17)25(31)27-16-4-6-18(7-5-16)44(32,33)9-8-43-47(40,41)42/h1-7,10-13,30H,8-9,26H2,(H,27,31)(H,34,35,36)(H,37,38,39)(H,40,41,42). The molecule has 4 aromatic rings. The number of phenols is 1. The molecule has 0 aliphatic rings. The summed E-state index contributed by atoms with van der Waals surface area (Å²) >= 11 is 0. The predicted molar refractivity (Wildman–Crippen MR) is 164 cm³/mol. The van der Waals surface area contributed by atoms with Crippen molar-refractivity contribution in [1.82, 2.24) is 0 Å². The fourth-order valence-corrected chi connectivity index (χ4v) is 6.74. The number of rotatable bonds is 11. The molecular formula is C25H22N4O14S4. The number of nitrogens with two attached hydrogens (primary N) is 1. The van der Waals surface area contributed by atoms with E-state index in [2.05, 4.69) is 19.7 Å². The van der Waals surface area contributed by atoms with Gasteiger partial charge < -0.3 is 16.2 Å². The average molecular weight is 731 g/mol. The van der Waals surface area contributed by atoms with E-state index in [1.165, 1.54) is 36.4 Å². The first-order valence-corrected chi connectivity index (χ1v) is 18.4. The van der Waals surface area contributed by atoms with Gasteiger partial charge in [0, 0.05) is 17.3 Å². The number of azo groups is 1. The minimum atomic E-state index is -5.00. The Morgan fingerprint density at radius 2 is 1.47 bits per heavy atom. The van der Waals surface area contributed by atoms with Crippen LogP contribution in [-0.4, -0.2) is 70.7 Å². The molecule has 7 N–H and O–H groups in total. The monoisotopic (exact) mass is 730 g/mol. The van der Waals surface area contributed by atoms with Gasteiger partial charge in [0.2, 0.25) is 0 Å². The number of hydrogen-bond acceptors (Lipinski definition) is 14. The van der Waals surface area contributed by atoms with Crippen molar-refractivity contribution in [1.29, 1.82) is 0 Å². The number of fused-ring (bicyclic) bond motifs is 1. The molecule has 4 rings (SSSR count). The summed E-state index contributed by atoms with van der Waals surface area (Å²) in [6.07, 6.45) is 0. The van der Waals surface area contributed by atoms with Crippen molar-refractivity contribution in [2.24, 2.45) is 10.2 Å². The Bertz CT molecular complexity index is 2380. The number of benzene rings is 4. The Morgan fingerprint density at radius 1 is 0.809 bits per heavy atom. The molecule has 0 radical (unpaired) electrons. The highest BCUT2D eigenvalue weighted by Gasteiger charge is 2.24. The fourth-order valence-electron chi connectivity index (χ4n) is 4.06. The second kappa shape index (κ2) is 12.9. The Kier molecular flexibility index (Phi) is 9.71. The van der Waals surface area contributed by atoms with Crippen molar-refractivity contribution in [3.05, 3.63) is 72.3 Å². The minimum absolute atomic E-state index is 0.00468. The smallest absolute Gasteiger partial charge is 0.397 e. The number of nitrogens with one attached hydrogen (secondary N) is 1. The quantitative estimate of drug-likeness (QED) is 0.0734. The average Bonchev–Trinajstić information content (AvgIpc) is 2.95. The van der Waals surface area contributed by atoms with Gasteiger partial charge in [0.05, 0.1) is 38.9 Å². The summed E-state index contributed by atoms with van der Waals surface area (Å²) in [5.41, 5.74) is 4.95. The van der Waals surface area contributed by atoms with Crippen molar-refractivity contribution in [3.63, 3.8) is 0 Å². The van der Waals surface area contributed by atoms with Crippen LogP contribution in [0.5, 0.6) is 5.75 Å². The zero-order chi connectivity index (χ0) is 34.9. The maximum absolute atomic E-state index is 12.9. The van der Waals surface area contributed by atoms with E-state index in [1.807, 2.05) is 0 Å². The van der Waals surface area contributed by atoms with Gasteiger partial charge in [-0.1, -0.05) is 6.07 Å². The number of carbonyl (C=O) groups is 1. The van der Waals surface area contributed by atoms with Crippen LogP contribution in [0.25, 0.3) is 10.8 Å². The maximum Gasteiger partial charge on any atom is 0.397 e. The largest absolute Gasteiger partial charge is 0.507 e. The first-order chi connectivity index (χ1) is 21.7. The molecule has 0 unspecified atom stereocenters. The van der Waals surface area contributed by atoms with Crippen molar-refractivity contribution >= 4 is 79.9 Å². The summed E-state index contributed by atoms with van der Waals surface area (Å²) < 4.78 is 125. The predicted octanol–water partition coefficient (Wildman–Crippen LogP) is 2.88. The van der Waals surface area contributed by atoms with Crippen LogP contribution in [-0.2, 0) is 44.7 Å². The van der Waals surface area contributed by atoms with Gasteiger partial charge in [0.1, 0.15) is 16.3 Å². The third kappa shape index (κ3) is 8.63. The third-order valence-electron chi connectivity index (χ3n) is 6.17. The van der Waals surface area contributed by atoms with Crippen LogP contribution in [0, 0.1) is 0 Å². The molecule has 0 saturated heterocycles. The number of nitrogens with zero attached hydrogens (tertiary/aromatic N) is 2. The Hall–Kier alpha value is -4.55. The van der Waals surface area contributed by atoms with E-state index in [4.69, 9.17) is 10.3 Å². The van der Waals surface area contributed by atoms with Gasteiger partial charge in [-0.2, -0.15) is 30.4 Å². The molecule has 0 fully saturated rings. The van der Waals surface area contributed by atoms with Crippen LogP contribution in [0.3, 0.4) is 0 Å². The second-order valence-electron chi connectivity index (χ2n) is 9.43. The lowest BCUT2D eigenvalue weighted by Crippen LogP contribution is -2.15. The summed E-state index contributed by atoms with van der Waals surface area (Å²) in [5, 5.41) is 20.3. The summed E-state index contributed by atoms with van der Waals surface area (Å²) in [6, 6.07) is 12.5. The number of sulfone groups is 1. The second-order valence-corrected chi connectivity index (χ2v) is 15.4. The van der Waals surface area contributed by atoms with Crippen molar-refractivity contribution in [2.45, 2.75) is 14.7 Å².